The molecule has 14 heteroatoms. The fourth-order valence-corrected chi connectivity index (χ4v) is 5.08. The van der Waals surface area contributed by atoms with Crippen molar-refractivity contribution >= 4 is 41.9 Å². The van der Waals surface area contributed by atoms with E-state index in [1.54, 1.807) is 68.4 Å². The standard InChI is InChI=1S/C30H36N6O8/c1-18(2)14-24(27(41)42)35(26(40)23(15-25(38)39)33-19(3)37)36-28(43)30(4,22-12-10-20(11-13-22)16-32-31)34(29(36)44)17-21-8-6-5-7-9-21/h5-13,16,18,23-24H,14-15,17,31H2,1-4H3,(H,33,37)(H,38,39)(H,41,42)/t23-,24-,30+/m0/s1. The Bertz CT molecular complexity index is 1430. The monoisotopic (exact) mass is 608 g/mol. The predicted octanol–water partition coefficient (Wildman–Crippen LogP) is 1.88. The van der Waals surface area contributed by atoms with Crippen LogP contribution in [0.1, 0.15) is 57.2 Å². The minimum absolute atomic E-state index is 0.0986. The second-order valence-electron chi connectivity index (χ2n) is 11.0. The molecule has 1 fully saturated rings. The Hall–Kier alpha value is -5.27. The number of hydrogen-bond acceptors (Lipinski definition) is 8. The summed E-state index contributed by atoms with van der Waals surface area (Å²) in [4.78, 5) is 80.3. The SMILES string of the molecule is CC(=O)N[C@@H](CC(=O)O)C(=O)N([C@@H](CC(C)C)C(=O)O)N1C(=O)N(Cc2ccccc2)[C@](C)(c2ccc(C=NN)cc2)C1=O. The van der Waals surface area contributed by atoms with Crippen LogP contribution in [0.15, 0.2) is 59.7 Å². The van der Waals surface area contributed by atoms with E-state index in [-0.39, 0.29) is 18.9 Å². The van der Waals surface area contributed by atoms with E-state index in [9.17, 15) is 39.0 Å². The largest absolute Gasteiger partial charge is 0.481 e. The van der Waals surface area contributed by atoms with E-state index < -0.39 is 59.7 Å². The highest BCUT2D eigenvalue weighted by Gasteiger charge is 2.60. The maximum atomic E-state index is 14.5. The molecule has 0 spiro atoms. The summed E-state index contributed by atoms with van der Waals surface area (Å²) in [6.07, 6.45) is 0.269. The topological polar surface area (TPSA) is 203 Å². The highest BCUT2D eigenvalue weighted by molar-refractivity contribution is 6.09. The van der Waals surface area contributed by atoms with Crippen LogP contribution in [0.2, 0.25) is 0 Å². The van der Waals surface area contributed by atoms with Crippen LogP contribution in [-0.4, -0.2) is 79.1 Å². The lowest BCUT2D eigenvalue weighted by Gasteiger charge is -2.37. The van der Waals surface area contributed by atoms with Gasteiger partial charge in [0.25, 0.3) is 11.8 Å². The van der Waals surface area contributed by atoms with E-state index >= 15 is 0 Å². The van der Waals surface area contributed by atoms with Crippen molar-refractivity contribution < 1.29 is 39.0 Å². The highest BCUT2D eigenvalue weighted by atomic mass is 16.4. The first-order valence-electron chi connectivity index (χ1n) is 13.8. The number of aliphatic carboxylic acids is 2. The number of nitrogens with one attached hydrogen (secondary N) is 1. The molecule has 0 saturated carbocycles. The maximum Gasteiger partial charge on any atom is 0.347 e. The minimum atomic E-state index is -1.77. The predicted molar refractivity (Wildman–Crippen MR) is 157 cm³/mol. The first-order chi connectivity index (χ1) is 20.7. The van der Waals surface area contributed by atoms with Gasteiger partial charge in [0.15, 0.2) is 6.04 Å². The minimum Gasteiger partial charge on any atom is -0.481 e. The van der Waals surface area contributed by atoms with Gasteiger partial charge in [0.1, 0.15) is 11.6 Å². The van der Waals surface area contributed by atoms with Gasteiger partial charge < -0.3 is 21.4 Å². The molecule has 1 heterocycles. The van der Waals surface area contributed by atoms with Crippen molar-refractivity contribution in [3.63, 3.8) is 0 Å². The number of nitrogens with two attached hydrogens (primary N) is 1. The van der Waals surface area contributed by atoms with Gasteiger partial charge in [-0.05, 0) is 36.0 Å². The zero-order valence-electron chi connectivity index (χ0n) is 24.8. The van der Waals surface area contributed by atoms with Gasteiger partial charge in [0.05, 0.1) is 12.6 Å². The molecule has 0 radical (unpaired) electrons. The van der Waals surface area contributed by atoms with Crippen molar-refractivity contribution in [3.05, 3.63) is 71.3 Å². The lowest BCUT2D eigenvalue weighted by molar-refractivity contribution is -0.172. The van der Waals surface area contributed by atoms with Gasteiger partial charge in [-0.3, -0.25) is 24.1 Å². The quantitative estimate of drug-likeness (QED) is 0.113. The molecule has 0 aliphatic carbocycles. The summed E-state index contributed by atoms with van der Waals surface area (Å²) in [5.74, 6) is -1.03. The molecule has 1 aliphatic heterocycles. The van der Waals surface area contributed by atoms with Crippen LogP contribution in [0.5, 0.6) is 0 Å². The molecular formula is C30H36N6O8. The van der Waals surface area contributed by atoms with E-state index in [2.05, 4.69) is 10.4 Å². The van der Waals surface area contributed by atoms with Crippen LogP contribution in [-0.2, 0) is 36.1 Å². The Morgan fingerprint density at radius 2 is 1.66 bits per heavy atom. The molecule has 44 heavy (non-hydrogen) atoms. The van der Waals surface area contributed by atoms with E-state index in [4.69, 9.17) is 5.84 Å². The number of amides is 5. The van der Waals surface area contributed by atoms with Gasteiger partial charge in [-0.25, -0.2) is 14.6 Å². The molecular weight excluding hydrogens is 572 g/mol. The Morgan fingerprint density at radius 3 is 2.16 bits per heavy atom. The molecule has 234 valence electrons. The smallest absolute Gasteiger partial charge is 0.347 e. The van der Waals surface area contributed by atoms with E-state index in [0.29, 0.717) is 26.7 Å². The number of nitrogens with zero attached hydrogens (tertiary/aromatic N) is 4. The number of carbonyl (C=O) groups excluding carboxylic acids is 4. The summed E-state index contributed by atoms with van der Waals surface area (Å²) in [6.45, 7) is 5.81. The fraction of sp³-hybridized carbons (Fsp3) is 0.367. The Kier molecular flexibility index (Phi) is 10.4. The van der Waals surface area contributed by atoms with Gasteiger partial charge in [-0.2, -0.15) is 10.1 Å². The fourth-order valence-electron chi connectivity index (χ4n) is 5.08. The van der Waals surface area contributed by atoms with Crippen molar-refractivity contribution in [2.24, 2.45) is 16.9 Å². The van der Waals surface area contributed by atoms with Crippen molar-refractivity contribution in [1.82, 2.24) is 20.2 Å². The molecule has 3 atom stereocenters. The summed E-state index contributed by atoms with van der Waals surface area (Å²) < 4.78 is 0. The number of hydrogen-bond donors (Lipinski definition) is 4. The van der Waals surface area contributed by atoms with Crippen LogP contribution in [0.4, 0.5) is 4.79 Å². The van der Waals surface area contributed by atoms with Crippen LogP contribution in [0.3, 0.4) is 0 Å². The lowest BCUT2D eigenvalue weighted by Crippen LogP contribution is -2.62. The first-order valence-corrected chi connectivity index (χ1v) is 13.8. The molecule has 2 aromatic carbocycles. The Labute approximate surface area is 254 Å². The number of benzene rings is 2. The molecule has 3 rings (SSSR count). The highest BCUT2D eigenvalue weighted by Crippen LogP contribution is 2.40. The van der Waals surface area contributed by atoms with Crippen molar-refractivity contribution in [3.8, 4) is 0 Å². The maximum absolute atomic E-state index is 14.5. The molecule has 1 aliphatic rings. The Balaban J connectivity index is 2.26. The van der Waals surface area contributed by atoms with Gasteiger partial charge in [-0.1, -0.05) is 68.4 Å². The first kappa shape index (κ1) is 33.2. The van der Waals surface area contributed by atoms with Gasteiger partial charge >= 0.3 is 18.0 Å². The van der Waals surface area contributed by atoms with Crippen LogP contribution < -0.4 is 11.2 Å². The van der Waals surface area contributed by atoms with Gasteiger partial charge in [0.2, 0.25) is 5.91 Å². The van der Waals surface area contributed by atoms with E-state index in [0.717, 1.165) is 6.92 Å². The second-order valence-corrected chi connectivity index (χ2v) is 11.0. The molecule has 2 aromatic rings. The summed E-state index contributed by atoms with van der Waals surface area (Å²) in [5, 5.41) is 26.4. The number of carboxylic acids is 2. The molecule has 0 unspecified atom stereocenters. The number of urea groups is 1. The van der Waals surface area contributed by atoms with E-state index in [1.807, 2.05) is 0 Å². The van der Waals surface area contributed by atoms with Crippen LogP contribution in [0, 0.1) is 5.92 Å². The summed E-state index contributed by atoms with van der Waals surface area (Å²) in [5.41, 5.74) is -0.156. The molecule has 1 saturated heterocycles. The number of carboxylic acid groups (broad SMARTS) is 2. The third-order valence-electron chi connectivity index (χ3n) is 7.21. The second kappa shape index (κ2) is 13.8. The lowest BCUT2D eigenvalue weighted by atomic mass is 9.89. The molecule has 0 aromatic heterocycles. The number of rotatable bonds is 13. The van der Waals surface area contributed by atoms with Crippen molar-refractivity contribution in [1.29, 1.82) is 0 Å². The summed E-state index contributed by atoms with van der Waals surface area (Å²) in [7, 11) is 0. The average molecular weight is 609 g/mol. The number of carbonyl (C=O) groups is 6. The molecule has 5 amide bonds. The molecule has 0 bridgehead atoms. The number of hydrazone groups is 1. The third kappa shape index (κ3) is 7.02. The van der Waals surface area contributed by atoms with E-state index in [1.165, 1.54) is 18.0 Å². The van der Waals surface area contributed by atoms with Gasteiger partial charge in [0, 0.05) is 13.5 Å². The Morgan fingerprint density at radius 1 is 1.05 bits per heavy atom. The van der Waals surface area contributed by atoms with Crippen LogP contribution >= 0.6 is 0 Å². The summed E-state index contributed by atoms with van der Waals surface area (Å²) >= 11 is 0. The van der Waals surface area contributed by atoms with Crippen LogP contribution in [0.25, 0.3) is 0 Å². The van der Waals surface area contributed by atoms with Crippen molar-refractivity contribution in [2.45, 2.75) is 64.7 Å². The number of imide groups is 1. The average Bonchev–Trinajstić information content (AvgIpc) is 3.13. The van der Waals surface area contributed by atoms with Crippen molar-refractivity contribution in [2.75, 3.05) is 0 Å². The summed E-state index contributed by atoms with van der Waals surface area (Å²) in [6, 6.07) is 10.6. The zero-order chi connectivity index (χ0) is 32.8. The van der Waals surface area contributed by atoms with Gasteiger partial charge in [-0.15, -0.1) is 0 Å². The zero-order valence-corrected chi connectivity index (χ0v) is 24.8. The third-order valence-corrected chi connectivity index (χ3v) is 7.21. The molecule has 14 nitrogen and oxygen atoms in total. The number of hydrazine groups is 1. The molecule has 5 N–H and O–H groups in total. The normalized spacial score (nSPS) is 18.0.